The van der Waals surface area contributed by atoms with Crippen molar-refractivity contribution in [1.29, 1.82) is 0 Å². The van der Waals surface area contributed by atoms with Gasteiger partial charge in [-0.2, -0.15) is 0 Å². The minimum Gasteiger partial charge on any atom is -0.381 e. The number of halogens is 1. The van der Waals surface area contributed by atoms with E-state index in [2.05, 4.69) is 0 Å². The minimum absolute atomic E-state index is 0.484. The number of aliphatic hydroxyl groups excluding tert-OH is 1. The van der Waals surface area contributed by atoms with Crippen molar-refractivity contribution in [3.63, 3.8) is 0 Å². The molecule has 1 N–H and O–H groups in total. The fraction of sp³-hybridized carbons (Fsp3) is 0.176. The lowest BCUT2D eigenvalue weighted by Crippen LogP contribution is -1.97. The van der Waals surface area contributed by atoms with Crippen molar-refractivity contribution in [2.24, 2.45) is 0 Å². The first-order chi connectivity index (χ1) is 9.27. The Kier molecular flexibility index (Phi) is 4.87. The molecule has 0 aliphatic rings. The Morgan fingerprint density at radius 3 is 2.21 bits per heavy atom. The van der Waals surface area contributed by atoms with E-state index < -0.39 is 11.9 Å². The molecule has 19 heavy (non-hydrogen) atoms. The summed E-state index contributed by atoms with van der Waals surface area (Å²) < 4.78 is 13.8. The molecule has 2 aromatic carbocycles. The van der Waals surface area contributed by atoms with Gasteiger partial charge in [-0.25, -0.2) is 4.39 Å². The highest BCUT2D eigenvalue weighted by Crippen LogP contribution is 2.22. The summed E-state index contributed by atoms with van der Waals surface area (Å²) in [4.78, 5) is 0. The molecule has 0 radical (unpaired) electrons. The first-order valence-electron chi connectivity index (χ1n) is 6.40. The molecule has 0 aliphatic carbocycles. The zero-order valence-electron chi connectivity index (χ0n) is 10.7. The fourth-order valence-electron chi connectivity index (χ4n) is 1.93. The summed E-state index contributed by atoms with van der Waals surface area (Å²) in [6, 6.07) is 18.8. The lowest BCUT2D eigenvalue weighted by molar-refractivity contribution is 0.185. The van der Waals surface area contributed by atoms with Gasteiger partial charge in [-0.3, -0.25) is 0 Å². The molecule has 2 rings (SSSR count). The molecule has 0 aromatic heterocycles. The van der Waals surface area contributed by atoms with E-state index in [1.54, 1.807) is 24.3 Å². The van der Waals surface area contributed by atoms with E-state index in [-0.39, 0.29) is 0 Å². The van der Waals surface area contributed by atoms with Gasteiger partial charge < -0.3 is 5.11 Å². The highest BCUT2D eigenvalue weighted by atomic mass is 19.1. The van der Waals surface area contributed by atoms with Crippen LogP contribution in [0.4, 0.5) is 4.39 Å². The molecule has 0 heterocycles. The summed E-state index contributed by atoms with van der Waals surface area (Å²) in [6.07, 6.45) is 1.66. The maximum atomic E-state index is 13.8. The lowest BCUT2D eigenvalue weighted by atomic mass is 10.1. The fourth-order valence-corrected chi connectivity index (χ4v) is 1.93. The van der Waals surface area contributed by atoms with Gasteiger partial charge in [0.2, 0.25) is 0 Å². The SMILES string of the molecule is OC(/C(F)=C/CCc1ccccc1)c1ccccc1. The predicted molar refractivity (Wildman–Crippen MR) is 75.4 cm³/mol. The molecule has 0 amide bonds. The monoisotopic (exact) mass is 256 g/mol. The molecule has 2 aromatic rings. The molecule has 1 unspecified atom stereocenters. The van der Waals surface area contributed by atoms with E-state index in [1.165, 1.54) is 11.6 Å². The van der Waals surface area contributed by atoms with Gasteiger partial charge >= 0.3 is 0 Å². The Morgan fingerprint density at radius 1 is 1.00 bits per heavy atom. The van der Waals surface area contributed by atoms with Gasteiger partial charge in [0.25, 0.3) is 0 Å². The molecule has 0 aliphatic heterocycles. The van der Waals surface area contributed by atoms with Crippen molar-refractivity contribution in [1.82, 2.24) is 0 Å². The Morgan fingerprint density at radius 2 is 1.58 bits per heavy atom. The van der Waals surface area contributed by atoms with Gasteiger partial charge in [-0.05, 0) is 30.0 Å². The predicted octanol–water partition coefficient (Wildman–Crippen LogP) is 4.21. The van der Waals surface area contributed by atoms with E-state index in [9.17, 15) is 9.50 Å². The number of allylic oxidation sites excluding steroid dienone is 1. The van der Waals surface area contributed by atoms with E-state index in [1.807, 2.05) is 36.4 Å². The first-order valence-corrected chi connectivity index (χ1v) is 6.40. The first kappa shape index (κ1) is 13.5. The highest BCUT2D eigenvalue weighted by Gasteiger charge is 2.11. The lowest BCUT2D eigenvalue weighted by Gasteiger charge is -2.08. The molecule has 0 bridgehead atoms. The quantitative estimate of drug-likeness (QED) is 0.849. The van der Waals surface area contributed by atoms with Crippen LogP contribution in [-0.2, 0) is 6.42 Å². The molecular weight excluding hydrogens is 239 g/mol. The molecule has 98 valence electrons. The van der Waals surface area contributed by atoms with E-state index in [4.69, 9.17) is 0 Å². The normalized spacial score (nSPS) is 13.3. The smallest absolute Gasteiger partial charge is 0.130 e. The van der Waals surface area contributed by atoms with Gasteiger partial charge in [0, 0.05) is 0 Å². The van der Waals surface area contributed by atoms with Gasteiger partial charge in [-0.1, -0.05) is 60.7 Å². The van der Waals surface area contributed by atoms with Crippen LogP contribution < -0.4 is 0 Å². The van der Waals surface area contributed by atoms with E-state index in [0.29, 0.717) is 12.0 Å². The average molecular weight is 256 g/mol. The number of aliphatic hydroxyl groups is 1. The molecule has 1 nitrogen and oxygen atoms in total. The number of rotatable bonds is 5. The summed E-state index contributed by atoms with van der Waals surface area (Å²) in [5.74, 6) is -0.484. The third kappa shape index (κ3) is 4.04. The topological polar surface area (TPSA) is 20.2 Å². The van der Waals surface area contributed by atoms with Crippen LogP contribution in [0.1, 0.15) is 23.7 Å². The van der Waals surface area contributed by atoms with Crippen molar-refractivity contribution < 1.29 is 9.50 Å². The second-order valence-electron chi connectivity index (χ2n) is 4.43. The van der Waals surface area contributed by atoms with Crippen molar-refractivity contribution in [2.45, 2.75) is 18.9 Å². The molecular formula is C17H17FO. The Labute approximate surface area is 113 Å². The zero-order chi connectivity index (χ0) is 13.5. The maximum Gasteiger partial charge on any atom is 0.130 e. The zero-order valence-corrected chi connectivity index (χ0v) is 10.7. The number of aryl methyl sites for hydroxylation is 1. The van der Waals surface area contributed by atoms with Crippen molar-refractivity contribution in [3.05, 3.63) is 83.7 Å². The molecule has 0 spiro atoms. The highest BCUT2D eigenvalue weighted by molar-refractivity contribution is 5.23. The van der Waals surface area contributed by atoms with Crippen LogP contribution in [0.25, 0.3) is 0 Å². The molecule has 0 saturated carbocycles. The molecule has 1 atom stereocenters. The summed E-state index contributed by atoms with van der Waals surface area (Å²) in [5, 5.41) is 9.84. The number of benzene rings is 2. The summed E-state index contributed by atoms with van der Waals surface area (Å²) >= 11 is 0. The van der Waals surface area contributed by atoms with Crippen molar-refractivity contribution in [2.75, 3.05) is 0 Å². The van der Waals surface area contributed by atoms with Crippen LogP contribution in [0.3, 0.4) is 0 Å². The Balaban J connectivity index is 1.92. The maximum absolute atomic E-state index is 13.8. The standard InChI is InChI=1S/C17H17FO/c18-16(17(19)15-11-5-2-6-12-15)13-7-10-14-8-3-1-4-9-14/h1-6,8-9,11-13,17,19H,7,10H2/b16-13-. The summed E-state index contributed by atoms with van der Waals surface area (Å²) in [5.41, 5.74) is 1.75. The minimum atomic E-state index is -1.16. The van der Waals surface area contributed by atoms with Gasteiger partial charge in [0.1, 0.15) is 11.9 Å². The molecule has 0 fully saturated rings. The summed E-state index contributed by atoms with van der Waals surface area (Å²) in [6.45, 7) is 0. The second kappa shape index (κ2) is 6.86. The van der Waals surface area contributed by atoms with Gasteiger partial charge in [-0.15, -0.1) is 0 Å². The van der Waals surface area contributed by atoms with Crippen molar-refractivity contribution in [3.8, 4) is 0 Å². The van der Waals surface area contributed by atoms with Crippen LogP contribution in [-0.4, -0.2) is 5.11 Å². The molecule has 2 heteroatoms. The van der Waals surface area contributed by atoms with Crippen LogP contribution in [0, 0.1) is 0 Å². The van der Waals surface area contributed by atoms with E-state index in [0.717, 1.165) is 6.42 Å². The largest absolute Gasteiger partial charge is 0.381 e. The Hall–Kier alpha value is -1.93. The number of hydrogen-bond acceptors (Lipinski definition) is 1. The van der Waals surface area contributed by atoms with Crippen LogP contribution in [0.2, 0.25) is 0 Å². The van der Waals surface area contributed by atoms with Crippen LogP contribution in [0.15, 0.2) is 72.6 Å². The van der Waals surface area contributed by atoms with Crippen molar-refractivity contribution >= 4 is 0 Å². The molecule has 0 saturated heterocycles. The van der Waals surface area contributed by atoms with Gasteiger partial charge in [0.15, 0.2) is 0 Å². The third-order valence-electron chi connectivity index (χ3n) is 2.99. The van der Waals surface area contributed by atoms with E-state index >= 15 is 0 Å². The van der Waals surface area contributed by atoms with Gasteiger partial charge in [0.05, 0.1) is 0 Å². The average Bonchev–Trinajstić information content (AvgIpc) is 2.48. The second-order valence-corrected chi connectivity index (χ2v) is 4.43. The number of hydrogen-bond donors (Lipinski definition) is 1. The van der Waals surface area contributed by atoms with Crippen LogP contribution in [0.5, 0.6) is 0 Å². The van der Waals surface area contributed by atoms with Crippen LogP contribution >= 0.6 is 0 Å². The third-order valence-corrected chi connectivity index (χ3v) is 2.99. The Bertz CT molecular complexity index is 519. The summed E-state index contributed by atoms with van der Waals surface area (Å²) in [7, 11) is 0.